The highest BCUT2D eigenvalue weighted by Crippen LogP contribution is 2.21. The van der Waals surface area contributed by atoms with Crippen LogP contribution in [0.1, 0.15) is 18.5 Å². The predicted octanol–water partition coefficient (Wildman–Crippen LogP) is 4.01. The van der Waals surface area contributed by atoms with Crippen molar-refractivity contribution in [3.63, 3.8) is 0 Å². The minimum Gasteiger partial charge on any atom is -0.309 e. The molecule has 0 heterocycles. The zero-order chi connectivity index (χ0) is 15.9. The molecule has 5 heteroatoms. The SMILES string of the molecule is CC(NCCSc1ccccc1F)c1ccc(S(C)=O)cc1. The summed E-state index contributed by atoms with van der Waals surface area (Å²) >= 11 is 1.51. The average Bonchev–Trinajstić information content (AvgIpc) is 2.53. The second-order valence-electron chi connectivity index (χ2n) is 4.98. The normalized spacial score (nSPS) is 13.8. The maximum absolute atomic E-state index is 13.5. The van der Waals surface area contributed by atoms with Crippen molar-refractivity contribution in [3.05, 3.63) is 59.9 Å². The van der Waals surface area contributed by atoms with Gasteiger partial charge in [0.1, 0.15) is 5.82 Å². The molecular formula is C17H20FNOS2. The number of hydrogen-bond acceptors (Lipinski definition) is 3. The molecule has 2 rings (SSSR count). The molecule has 0 saturated carbocycles. The summed E-state index contributed by atoms with van der Waals surface area (Å²) < 4.78 is 24.8. The summed E-state index contributed by atoms with van der Waals surface area (Å²) in [6, 6.07) is 14.8. The highest BCUT2D eigenvalue weighted by Gasteiger charge is 2.06. The van der Waals surface area contributed by atoms with Gasteiger partial charge in [0.25, 0.3) is 0 Å². The summed E-state index contributed by atoms with van der Waals surface area (Å²) in [5.74, 6) is 0.645. The Balaban J connectivity index is 1.79. The van der Waals surface area contributed by atoms with Crippen molar-refractivity contribution in [3.8, 4) is 0 Å². The fourth-order valence-electron chi connectivity index (χ4n) is 2.06. The molecule has 22 heavy (non-hydrogen) atoms. The van der Waals surface area contributed by atoms with E-state index in [4.69, 9.17) is 0 Å². The number of thioether (sulfide) groups is 1. The summed E-state index contributed by atoms with van der Waals surface area (Å²) in [5.41, 5.74) is 1.16. The van der Waals surface area contributed by atoms with E-state index in [0.29, 0.717) is 4.90 Å². The van der Waals surface area contributed by atoms with Crippen LogP contribution in [0.15, 0.2) is 58.3 Å². The van der Waals surface area contributed by atoms with Gasteiger partial charge in [0.2, 0.25) is 0 Å². The van der Waals surface area contributed by atoms with Gasteiger partial charge >= 0.3 is 0 Å². The Kier molecular flexibility index (Phi) is 6.61. The summed E-state index contributed by atoms with van der Waals surface area (Å²) in [7, 11) is -0.940. The zero-order valence-electron chi connectivity index (χ0n) is 12.7. The number of halogens is 1. The Morgan fingerprint density at radius 3 is 2.50 bits per heavy atom. The Morgan fingerprint density at radius 2 is 1.86 bits per heavy atom. The van der Waals surface area contributed by atoms with Gasteiger partial charge < -0.3 is 5.32 Å². The summed E-state index contributed by atoms with van der Waals surface area (Å²) in [4.78, 5) is 1.53. The van der Waals surface area contributed by atoms with Crippen molar-refractivity contribution in [2.24, 2.45) is 0 Å². The molecule has 0 saturated heterocycles. The van der Waals surface area contributed by atoms with E-state index in [2.05, 4.69) is 12.2 Å². The van der Waals surface area contributed by atoms with E-state index >= 15 is 0 Å². The molecule has 2 unspecified atom stereocenters. The first kappa shape index (κ1) is 17.2. The molecule has 0 aliphatic rings. The lowest BCUT2D eigenvalue weighted by Gasteiger charge is -2.14. The van der Waals surface area contributed by atoms with Gasteiger partial charge in [-0.15, -0.1) is 11.8 Å². The van der Waals surface area contributed by atoms with Crippen LogP contribution in [0, 0.1) is 5.82 Å². The number of nitrogens with one attached hydrogen (secondary N) is 1. The molecule has 0 radical (unpaired) electrons. The topological polar surface area (TPSA) is 29.1 Å². The van der Waals surface area contributed by atoms with Crippen LogP contribution in [0.5, 0.6) is 0 Å². The van der Waals surface area contributed by atoms with Crippen molar-refractivity contribution in [1.82, 2.24) is 5.32 Å². The van der Waals surface area contributed by atoms with Crippen LogP contribution in [-0.4, -0.2) is 22.8 Å². The van der Waals surface area contributed by atoms with Gasteiger partial charge in [-0.25, -0.2) is 4.39 Å². The molecule has 0 aromatic heterocycles. The van der Waals surface area contributed by atoms with Gasteiger partial charge in [0, 0.05) is 45.2 Å². The second-order valence-corrected chi connectivity index (χ2v) is 7.49. The van der Waals surface area contributed by atoms with E-state index in [1.54, 1.807) is 18.4 Å². The molecule has 0 amide bonds. The monoisotopic (exact) mass is 337 g/mol. The van der Waals surface area contributed by atoms with E-state index in [-0.39, 0.29) is 11.9 Å². The second kappa shape index (κ2) is 8.46. The molecular weight excluding hydrogens is 317 g/mol. The maximum atomic E-state index is 13.5. The number of rotatable bonds is 7. The Bertz CT molecular complexity index is 631. The highest BCUT2D eigenvalue weighted by atomic mass is 32.2. The fourth-order valence-corrected chi connectivity index (χ4v) is 3.40. The van der Waals surface area contributed by atoms with Crippen LogP contribution in [0.25, 0.3) is 0 Å². The third-order valence-corrected chi connectivity index (χ3v) is 5.35. The first-order valence-electron chi connectivity index (χ1n) is 7.12. The summed E-state index contributed by atoms with van der Waals surface area (Å²) in [6.45, 7) is 2.88. The average molecular weight is 337 g/mol. The van der Waals surface area contributed by atoms with E-state index in [0.717, 1.165) is 22.8 Å². The van der Waals surface area contributed by atoms with Crippen LogP contribution in [-0.2, 0) is 10.8 Å². The third-order valence-electron chi connectivity index (χ3n) is 3.36. The fraction of sp³-hybridized carbons (Fsp3) is 0.294. The zero-order valence-corrected chi connectivity index (χ0v) is 14.3. The molecule has 2 aromatic carbocycles. The molecule has 1 N–H and O–H groups in total. The van der Waals surface area contributed by atoms with Crippen LogP contribution in [0.2, 0.25) is 0 Å². The molecule has 2 atom stereocenters. The molecule has 2 nitrogen and oxygen atoms in total. The van der Waals surface area contributed by atoms with E-state index in [1.807, 2.05) is 30.3 Å². The Labute approximate surface area is 138 Å². The van der Waals surface area contributed by atoms with Crippen molar-refractivity contribution in [2.75, 3.05) is 18.6 Å². The maximum Gasteiger partial charge on any atom is 0.136 e. The van der Waals surface area contributed by atoms with Gasteiger partial charge in [-0.3, -0.25) is 4.21 Å². The van der Waals surface area contributed by atoms with Gasteiger partial charge in [0.15, 0.2) is 0 Å². The highest BCUT2D eigenvalue weighted by molar-refractivity contribution is 7.99. The van der Waals surface area contributed by atoms with Crippen molar-refractivity contribution in [1.29, 1.82) is 0 Å². The van der Waals surface area contributed by atoms with Crippen molar-refractivity contribution < 1.29 is 8.60 Å². The lowest BCUT2D eigenvalue weighted by atomic mass is 10.1. The smallest absolute Gasteiger partial charge is 0.136 e. The first-order chi connectivity index (χ1) is 10.6. The van der Waals surface area contributed by atoms with Gasteiger partial charge in [-0.2, -0.15) is 0 Å². The predicted molar refractivity (Wildman–Crippen MR) is 92.3 cm³/mol. The van der Waals surface area contributed by atoms with Crippen molar-refractivity contribution >= 4 is 22.6 Å². The number of benzene rings is 2. The standard InChI is InChI=1S/C17H20FNOS2/c1-13(14-7-9-15(10-8-14)22(2)20)19-11-12-21-17-6-4-3-5-16(17)18/h3-10,13,19H,11-12H2,1-2H3. The minimum absolute atomic E-state index is 0.163. The largest absolute Gasteiger partial charge is 0.309 e. The molecule has 118 valence electrons. The lowest BCUT2D eigenvalue weighted by Crippen LogP contribution is -2.21. The van der Waals surface area contributed by atoms with E-state index < -0.39 is 10.8 Å². The van der Waals surface area contributed by atoms with Gasteiger partial charge in [-0.05, 0) is 36.8 Å². The molecule has 2 aromatic rings. The van der Waals surface area contributed by atoms with Gasteiger partial charge in [0.05, 0.1) is 0 Å². The minimum atomic E-state index is -0.940. The van der Waals surface area contributed by atoms with Crippen LogP contribution in [0.3, 0.4) is 0 Å². The molecule has 0 spiro atoms. The van der Waals surface area contributed by atoms with E-state index in [9.17, 15) is 8.60 Å². The lowest BCUT2D eigenvalue weighted by molar-refractivity contribution is 0.596. The van der Waals surface area contributed by atoms with Crippen LogP contribution in [0.4, 0.5) is 4.39 Å². The van der Waals surface area contributed by atoms with Crippen LogP contribution >= 0.6 is 11.8 Å². The van der Waals surface area contributed by atoms with Crippen LogP contribution < -0.4 is 5.32 Å². The quantitative estimate of drug-likeness (QED) is 0.611. The molecule has 0 aliphatic heterocycles. The molecule has 0 fully saturated rings. The summed E-state index contributed by atoms with van der Waals surface area (Å²) in [5, 5.41) is 3.42. The number of hydrogen-bond donors (Lipinski definition) is 1. The summed E-state index contributed by atoms with van der Waals surface area (Å²) in [6.07, 6.45) is 1.68. The van der Waals surface area contributed by atoms with E-state index in [1.165, 1.54) is 17.8 Å². The van der Waals surface area contributed by atoms with Crippen molar-refractivity contribution in [2.45, 2.75) is 22.8 Å². The molecule has 0 bridgehead atoms. The first-order valence-corrected chi connectivity index (χ1v) is 9.66. The Morgan fingerprint density at radius 1 is 1.18 bits per heavy atom. The molecule has 0 aliphatic carbocycles. The third kappa shape index (κ3) is 4.93. The van der Waals surface area contributed by atoms with Gasteiger partial charge in [-0.1, -0.05) is 24.3 Å². The Hall–Kier alpha value is -1.17.